The van der Waals surface area contributed by atoms with Crippen molar-refractivity contribution >= 4 is 34.5 Å². The molecule has 0 atom stereocenters. The summed E-state index contributed by atoms with van der Waals surface area (Å²) in [6.07, 6.45) is 0.720. The van der Waals surface area contributed by atoms with Gasteiger partial charge in [-0.2, -0.15) is 0 Å². The van der Waals surface area contributed by atoms with E-state index >= 15 is 0 Å². The van der Waals surface area contributed by atoms with Crippen molar-refractivity contribution in [1.82, 2.24) is 10.3 Å². The zero-order valence-electron chi connectivity index (χ0n) is 11.2. The van der Waals surface area contributed by atoms with Crippen LogP contribution in [0.4, 0.5) is 0 Å². The van der Waals surface area contributed by atoms with Crippen LogP contribution in [-0.2, 0) is 11.2 Å². The molecule has 0 spiro atoms. The number of rotatable bonds is 7. The van der Waals surface area contributed by atoms with Crippen LogP contribution in [-0.4, -0.2) is 29.0 Å². The van der Waals surface area contributed by atoms with Gasteiger partial charge in [0.05, 0.1) is 11.2 Å². The Morgan fingerprint density at radius 3 is 2.76 bits per heavy atom. The van der Waals surface area contributed by atoms with E-state index in [1.54, 1.807) is 41.1 Å². The Morgan fingerprint density at radius 2 is 2.14 bits per heavy atom. The van der Waals surface area contributed by atoms with E-state index in [1.807, 2.05) is 5.38 Å². The van der Waals surface area contributed by atoms with Gasteiger partial charge in [-0.15, -0.1) is 11.3 Å². The lowest BCUT2D eigenvalue weighted by Gasteiger charge is -2.07. The molecule has 1 aromatic heterocycles. The molecule has 0 fully saturated rings. The maximum absolute atomic E-state index is 11.6. The van der Waals surface area contributed by atoms with Crippen LogP contribution in [0.2, 0.25) is 0 Å². The third kappa shape index (κ3) is 5.13. The Kier molecular flexibility index (Phi) is 5.65. The van der Waals surface area contributed by atoms with Gasteiger partial charge in [-0.05, 0) is 24.3 Å². The molecule has 3 N–H and O–H groups in total. The van der Waals surface area contributed by atoms with Crippen LogP contribution < -0.4 is 15.8 Å². The predicted molar refractivity (Wildman–Crippen MR) is 86.7 cm³/mol. The minimum Gasteiger partial charge on any atom is -0.484 e. The van der Waals surface area contributed by atoms with E-state index in [4.69, 9.17) is 22.7 Å². The maximum Gasteiger partial charge on any atom is 0.257 e. The Bertz CT molecular complexity index is 597. The molecular formula is C14H15N3O2S2. The van der Waals surface area contributed by atoms with Crippen molar-refractivity contribution in [1.29, 1.82) is 0 Å². The van der Waals surface area contributed by atoms with Crippen molar-refractivity contribution < 1.29 is 9.53 Å². The van der Waals surface area contributed by atoms with Gasteiger partial charge in [0, 0.05) is 23.9 Å². The van der Waals surface area contributed by atoms with Gasteiger partial charge in [-0.25, -0.2) is 4.98 Å². The Balaban J connectivity index is 1.69. The summed E-state index contributed by atoms with van der Waals surface area (Å²) in [5.74, 6) is 0.438. The highest BCUT2D eigenvalue weighted by molar-refractivity contribution is 7.80. The maximum atomic E-state index is 11.6. The first-order valence-corrected chi connectivity index (χ1v) is 7.66. The van der Waals surface area contributed by atoms with Gasteiger partial charge in [-0.3, -0.25) is 4.79 Å². The lowest BCUT2D eigenvalue weighted by Crippen LogP contribution is -2.30. The minimum absolute atomic E-state index is 0.0243. The molecule has 0 bridgehead atoms. The van der Waals surface area contributed by atoms with Crippen LogP contribution in [0.15, 0.2) is 35.2 Å². The number of aromatic nitrogens is 1. The standard InChI is InChI=1S/C14H15N3O2S2/c15-14(20)10-1-3-12(4-2-10)19-7-13(18)16-6-5-11-8-21-9-17-11/h1-4,8-9H,5-7H2,(H2,15,20)(H,16,18). The molecule has 1 heterocycles. The monoisotopic (exact) mass is 321 g/mol. The number of thiocarbonyl (C=S) groups is 1. The van der Waals surface area contributed by atoms with Crippen molar-refractivity contribution in [2.45, 2.75) is 6.42 Å². The summed E-state index contributed by atoms with van der Waals surface area (Å²) in [7, 11) is 0. The second-order valence-corrected chi connectivity index (χ2v) is 5.42. The SMILES string of the molecule is NC(=S)c1ccc(OCC(=O)NCCc2cscn2)cc1. The first-order chi connectivity index (χ1) is 10.1. The summed E-state index contributed by atoms with van der Waals surface area (Å²) in [5, 5.41) is 4.75. The van der Waals surface area contributed by atoms with Crippen LogP contribution >= 0.6 is 23.6 Å². The summed E-state index contributed by atoms with van der Waals surface area (Å²) in [6, 6.07) is 6.99. The molecule has 0 aliphatic carbocycles. The van der Waals surface area contributed by atoms with Gasteiger partial charge >= 0.3 is 0 Å². The van der Waals surface area contributed by atoms with Crippen LogP contribution in [0.5, 0.6) is 5.75 Å². The van der Waals surface area contributed by atoms with Gasteiger partial charge in [0.1, 0.15) is 10.7 Å². The fourth-order valence-electron chi connectivity index (χ4n) is 1.61. The summed E-state index contributed by atoms with van der Waals surface area (Å²) >= 11 is 6.40. The molecule has 0 unspecified atom stereocenters. The highest BCUT2D eigenvalue weighted by Gasteiger charge is 2.04. The number of hydrogen-bond donors (Lipinski definition) is 2. The highest BCUT2D eigenvalue weighted by atomic mass is 32.1. The topological polar surface area (TPSA) is 77.2 Å². The van der Waals surface area contributed by atoms with Gasteiger partial charge in [0.25, 0.3) is 5.91 Å². The molecular weight excluding hydrogens is 306 g/mol. The molecule has 0 radical (unpaired) electrons. The van der Waals surface area contributed by atoms with E-state index in [0.29, 0.717) is 17.3 Å². The van der Waals surface area contributed by atoms with Crippen molar-refractivity contribution in [3.05, 3.63) is 46.4 Å². The number of nitrogens with one attached hydrogen (secondary N) is 1. The number of benzene rings is 1. The first kappa shape index (κ1) is 15.4. The van der Waals surface area contributed by atoms with Crippen molar-refractivity contribution in [2.24, 2.45) is 5.73 Å². The zero-order chi connectivity index (χ0) is 15.1. The molecule has 7 heteroatoms. The minimum atomic E-state index is -0.163. The second kappa shape index (κ2) is 7.70. The number of carbonyl (C=O) groups is 1. The molecule has 1 amide bonds. The molecule has 110 valence electrons. The fourth-order valence-corrected chi connectivity index (χ4v) is 2.34. The average Bonchev–Trinajstić information content (AvgIpc) is 2.99. The molecule has 1 aromatic carbocycles. The van der Waals surface area contributed by atoms with Crippen LogP contribution in [0.25, 0.3) is 0 Å². The zero-order valence-corrected chi connectivity index (χ0v) is 12.9. The van der Waals surface area contributed by atoms with Gasteiger partial charge in [-0.1, -0.05) is 12.2 Å². The molecule has 0 saturated carbocycles. The number of carbonyl (C=O) groups excluding carboxylic acids is 1. The third-order valence-corrected chi connectivity index (χ3v) is 3.57. The summed E-state index contributed by atoms with van der Waals surface area (Å²) in [5.41, 5.74) is 9.03. The van der Waals surface area contributed by atoms with Gasteiger partial charge < -0.3 is 15.8 Å². The lowest BCUT2D eigenvalue weighted by atomic mass is 10.2. The largest absolute Gasteiger partial charge is 0.484 e. The number of nitrogens with two attached hydrogens (primary N) is 1. The number of hydrogen-bond acceptors (Lipinski definition) is 5. The third-order valence-electron chi connectivity index (χ3n) is 2.70. The quantitative estimate of drug-likeness (QED) is 0.756. The Labute approximate surface area is 132 Å². The van der Waals surface area contributed by atoms with E-state index in [2.05, 4.69) is 10.3 Å². The number of amides is 1. The van der Waals surface area contributed by atoms with E-state index in [-0.39, 0.29) is 12.5 Å². The first-order valence-electron chi connectivity index (χ1n) is 6.31. The van der Waals surface area contributed by atoms with Crippen molar-refractivity contribution in [3.63, 3.8) is 0 Å². The second-order valence-electron chi connectivity index (χ2n) is 4.26. The summed E-state index contributed by atoms with van der Waals surface area (Å²) in [6.45, 7) is 0.524. The normalized spacial score (nSPS) is 10.1. The Morgan fingerprint density at radius 1 is 1.38 bits per heavy atom. The summed E-state index contributed by atoms with van der Waals surface area (Å²) < 4.78 is 5.38. The van der Waals surface area contributed by atoms with Crippen molar-refractivity contribution in [2.75, 3.05) is 13.2 Å². The average molecular weight is 321 g/mol. The molecule has 0 aliphatic rings. The van der Waals surface area contributed by atoms with E-state index < -0.39 is 0 Å². The van der Waals surface area contributed by atoms with Crippen LogP contribution in [0.1, 0.15) is 11.3 Å². The molecule has 0 saturated heterocycles. The van der Waals surface area contributed by atoms with Crippen LogP contribution in [0.3, 0.4) is 0 Å². The smallest absolute Gasteiger partial charge is 0.257 e. The van der Waals surface area contributed by atoms with Gasteiger partial charge in [0.15, 0.2) is 6.61 Å². The number of ether oxygens (including phenoxy) is 1. The highest BCUT2D eigenvalue weighted by Crippen LogP contribution is 2.11. The van der Waals surface area contributed by atoms with Crippen molar-refractivity contribution in [3.8, 4) is 5.75 Å². The van der Waals surface area contributed by atoms with Gasteiger partial charge in [0.2, 0.25) is 0 Å². The lowest BCUT2D eigenvalue weighted by molar-refractivity contribution is -0.123. The van der Waals surface area contributed by atoms with E-state index in [1.165, 1.54) is 0 Å². The number of thiazole rings is 1. The predicted octanol–water partition coefficient (Wildman–Crippen LogP) is 1.51. The van der Waals surface area contributed by atoms with E-state index in [9.17, 15) is 4.79 Å². The fraction of sp³-hybridized carbons (Fsp3) is 0.214. The molecule has 2 rings (SSSR count). The molecule has 2 aromatic rings. The molecule has 0 aliphatic heterocycles. The van der Waals surface area contributed by atoms with Crippen LogP contribution in [0, 0.1) is 0 Å². The van der Waals surface area contributed by atoms with E-state index in [0.717, 1.165) is 17.7 Å². The summed E-state index contributed by atoms with van der Waals surface area (Å²) in [4.78, 5) is 16.1. The Hall–Kier alpha value is -1.99. The molecule has 5 nitrogen and oxygen atoms in total. The molecule has 21 heavy (non-hydrogen) atoms. The number of nitrogens with zero attached hydrogens (tertiary/aromatic N) is 1.